The molecule has 0 spiro atoms. The van der Waals surface area contributed by atoms with Gasteiger partial charge >= 0.3 is 5.97 Å². The van der Waals surface area contributed by atoms with Crippen molar-refractivity contribution in [2.75, 3.05) is 0 Å². The SMILES string of the molecule is CCC1CCC[C@@H](CC(=O)OC(C)(C)C)C1=O. The van der Waals surface area contributed by atoms with Crippen molar-refractivity contribution in [2.45, 2.75) is 65.4 Å². The Bertz CT molecular complexity index is 288. The first-order chi connectivity index (χ1) is 7.83. The van der Waals surface area contributed by atoms with Crippen molar-refractivity contribution in [3.8, 4) is 0 Å². The minimum atomic E-state index is -0.459. The molecule has 1 fully saturated rings. The fourth-order valence-electron chi connectivity index (χ4n) is 2.42. The third kappa shape index (κ3) is 4.49. The Hall–Kier alpha value is -0.860. The van der Waals surface area contributed by atoms with Gasteiger partial charge in [0, 0.05) is 11.8 Å². The maximum absolute atomic E-state index is 12.0. The molecule has 3 heteroatoms. The first-order valence-electron chi connectivity index (χ1n) is 6.59. The molecule has 0 radical (unpaired) electrons. The summed E-state index contributed by atoms with van der Waals surface area (Å²) in [5.41, 5.74) is -0.459. The molecular formula is C14H24O3. The van der Waals surface area contributed by atoms with E-state index >= 15 is 0 Å². The number of Topliss-reactive ketones (excluding diaryl/α,β-unsaturated/α-hetero) is 1. The molecular weight excluding hydrogens is 216 g/mol. The van der Waals surface area contributed by atoms with Gasteiger partial charge < -0.3 is 4.74 Å². The minimum Gasteiger partial charge on any atom is -0.460 e. The van der Waals surface area contributed by atoms with Crippen LogP contribution in [0.4, 0.5) is 0 Å². The van der Waals surface area contributed by atoms with Gasteiger partial charge in [-0.05, 0) is 40.0 Å². The Morgan fingerprint density at radius 1 is 1.29 bits per heavy atom. The summed E-state index contributed by atoms with van der Waals surface area (Å²) in [6, 6.07) is 0. The lowest BCUT2D eigenvalue weighted by Crippen LogP contribution is -2.32. The average Bonchev–Trinajstić information content (AvgIpc) is 2.18. The topological polar surface area (TPSA) is 43.4 Å². The van der Waals surface area contributed by atoms with E-state index in [0.29, 0.717) is 0 Å². The molecule has 0 aromatic heterocycles. The van der Waals surface area contributed by atoms with Crippen molar-refractivity contribution in [1.29, 1.82) is 0 Å². The van der Waals surface area contributed by atoms with Crippen molar-refractivity contribution in [3.05, 3.63) is 0 Å². The molecule has 0 heterocycles. The maximum Gasteiger partial charge on any atom is 0.307 e. The fourth-order valence-corrected chi connectivity index (χ4v) is 2.42. The molecule has 1 aliphatic carbocycles. The van der Waals surface area contributed by atoms with Crippen molar-refractivity contribution < 1.29 is 14.3 Å². The summed E-state index contributed by atoms with van der Waals surface area (Å²) in [5.74, 6) is 0.0805. The van der Waals surface area contributed by atoms with E-state index < -0.39 is 5.60 Å². The number of ether oxygens (including phenoxy) is 1. The number of carbonyl (C=O) groups is 2. The van der Waals surface area contributed by atoms with Crippen LogP contribution in [0.25, 0.3) is 0 Å². The second-order valence-corrected chi connectivity index (χ2v) is 5.93. The zero-order valence-corrected chi connectivity index (χ0v) is 11.4. The Kier molecular flexibility index (Phi) is 4.72. The number of carbonyl (C=O) groups excluding carboxylic acids is 2. The first-order valence-corrected chi connectivity index (χ1v) is 6.59. The minimum absolute atomic E-state index is 0.108. The molecule has 0 bridgehead atoms. The van der Waals surface area contributed by atoms with Gasteiger partial charge in [-0.2, -0.15) is 0 Å². The molecule has 1 unspecified atom stereocenters. The molecule has 3 nitrogen and oxygen atoms in total. The van der Waals surface area contributed by atoms with Gasteiger partial charge in [0.1, 0.15) is 11.4 Å². The standard InChI is InChI=1S/C14H24O3/c1-5-10-7-6-8-11(13(10)16)9-12(15)17-14(2,3)4/h10-11H,5-9H2,1-4H3/t10?,11-/m0/s1. The van der Waals surface area contributed by atoms with Gasteiger partial charge in [0.25, 0.3) is 0 Å². The van der Waals surface area contributed by atoms with Crippen molar-refractivity contribution >= 4 is 11.8 Å². The van der Waals surface area contributed by atoms with Crippen LogP contribution in [0.3, 0.4) is 0 Å². The van der Waals surface area contributed by atoms with E-state index in [0.717, 1.165) is 25.7 Å². The fraction of sp³-hybridized carbons (Fsp3) is 0.857. The summed E-state index contributed by atoms with van der Waals surface area (Å²) < 4.78 is 5.27. The second kappa shape index (κ2) is 5.65. The van der Waals surface area contributed by atoms with Crippen LogP contribution in [-0.2, 0) is 14.3 Å². The normalized spacial score (nSPS) is 25.8. The quantitative estimate of drug-likeness (QED) is 0.712. The summed E-state index contributed by atoms with van der Waals surface area (Å²) in [6.07, 6.45) is 4.03. The lowest BCUT2D eigenvalue weighted by Gasteiger charge is -2.27. The average molecular weight is 240 g/mol. The third-order valence-electron chi connectivity index (χ3n) is 3.24. The van der Waals surface area contributed by atoms with Crippen LogP contribution in [0, 0.1) is 11.8 Å². The number of hydrogen-bond donors (Lipinski definition) is 0. The van der Waals surface area contributed by atoms with Crippen LogP contribution in [0.1, 0.15) is 59.8 Å². The highest BCUT2D eigenvalue weighted by molar-refractivity contribution is 5.87. The van der Waals surface area contributed by atoms with Crippen molar-refractivity contribution in [1.82, 2.24) is 0 Å². The molecule has 2 atom stereocenters. The van der Waals surface area contributed by atoms with E-state index in [-0.39, 0.29) is 30.0 Å². The van der Waals surface area contributed by atoms with E-state index in [2.05, 4.69) is 0 Å². The molecule has 1 saturated carbocycles. The van der Waals surface area contributed by atoms with E-state index in [4.69, 9.17) is 4.74 Å². The molecule has 1 rings (SSSR count). The van der Waals surface area contributed by atoms with E-state index in [9.17, 15) is 9.59 Å². The van der Waals surface area contributed by atoms with Gasteiger partial charge in [-0.25, -0.2) is 0 Å². The molecule has 0 aliphatic heterocycles. The molecule has 1 aliphatic rings. The molecule has 0 amide bonds. The summed E-state index contributed by atoms with van der Waals surface area (Å²) in [4.78, 5) is 23.7. The zero-order chi connectivity index (χ0) is 13.1. The predicted octanol–water partition coefficient (Wildman–Crippen LogP) is 3.11. The summed E-state index contributed by atoms with van der Waals surface area (Å²) in [5, 5.41) is 0. The van der Waals surface area contributed by atoms with Gasteiger partial charge in [-0.1, -0.05) is 13.3 Å². The third-order valence-corrected chi connectivity index (χ3v) is 3.24. The van der Waals surface area contributed by atoms with E-state index in [1.54, 1.807) is 0 Å². The zero-order valence-electron chi connectivity index (χ0n) is 11.4. The number of hydrogen-bond acceptors (Lipinski definition) is 3. The molecule has 0 aromatic carbocycles. The van der Waals surface area contributed by atoms with E-state index in [1.165, 1.54) is 0 Å². The first kappa shape index (κ1) is 14.2. The number of rotatable bonds is 3. The van der Waals surface area contributed by atoms with Crippen LogP contribution in [0.15, 0.2) is 0 Å². The van der Waals surface area contributed by atoms with E-state index in [1.807, 2.05) is 27.7 Å². The van der Waals surface area contributed by atoms with Gasteiger partial charge in [-0.15, -0.1) is 0 Å². The largest absolute Gasteiger partial charge is 0.460 e. The van der Waals surface area contributed by atoms with Gasteiger partial charge in [-0.3, -0.25) is 9.59 Å². The van der Waals surface area contributed by atoms with Crippen LogP contribution < -0.4 is 0 Å². The van der Waals surface area contributed by atoms with Crippen LogP contribution in [-0.4, -0.2) is 17.4 Å². The number of esters is 1. The van der Waals surface area contributed by atoms with Crippen molar-refractivity contribution in [3.63, 3.8) is 0 Å². The highest BCUT2D eigenvalue weighted by Gasteiger charge is 2.32. The Balaban J connectivity index is 2.50. The Morgan fingerprint density at radius 2 is 1.88 bits per heavy atom. The molecule has 0 aromatic rings. The van der Waals surface area contributed by atoms with Crippen LogP contribution in [0.2, 0.25) is 0 Å². The molecule has 0 N–H and O–H groups in total. The molecule has 17 heavy (non-hydrogen) atoms. The van der Waals surface area contributed by atoms with Crippen LogP contribution in [0.5, 0.6) is 0 Å². The smallest absolute Gasteiger partial charge is 0.307 e. The van der Waals surface area contributed by atoms with Gasteiger partial charge in [0.05, 0.1) is 6.42 Å². The molecule has 98 valence electrons. The lowest BCUT2D eigenvalue weighted by molar-refractivity contribution is -0.158. The van der Waals surface area contributed by atoms with Crippen LogP contribution >= 0.6 is 0 Å². The highest BCUT2D eigenvalue weighted by Crippen LogP contribution is 2.30. The number of ketones is 1. The lowest BCUT2D eigenvalue weighted by atomic mass is 9.77. The van der Waals surface area contributed by atoms with Crippen molar-refractivity contribution in [2.24, 2.45) is 11.8 Å². The maximum atomic E-state index is 12.0. The Morgan fingerprint density at radius 3 is 2.41 bits per heavy atom. The van der Waals surface area contributed by atoms with Gasteiger partial charge in [0.2, 0.25) is 0 Å². The Labute approximate surface area is 104 Å². The monoisotopic (exact) mass is 240 g/mol. The summed E-state index contributed by atoms with van der Waals surface area (Å²) in [6.45, 7) is 7.59. The predicted molar refractivity (Wildman–Crippen MR) is 66.6 cm³/mol. The molecule has 0 saturated heterocycles. The summed E-state index contributed by atoms with van der Waals surface area (Å²) >= 11 is 0. The highest BCUT2D eigenvalue weighted by atomic mass is 16.6. The van der Waals surface area contributed by atoms with Gasteiger partial charge in [0.15, 0.2) is 0 Å². The summed E-state index contributed by atoms with van der Waals surface area (Å²) in [7, 11) is 0. The second-order valence-electron chi connectivity index (χ2n) is 5.93.